The summed E-state index contributed by atoms with van der Waals surface area (Å²) in [6.45, 7) is 0.464. The molecule has 2 aromatic carbocycles. The molecule has 5 heteroatoms. The van der Waals surface area contributed by atoms with Gasteiger partial charge in [-0.3, -0.25) is 4.79 Å². The van der Waals surface area contributed by atoms with E-state index in [1.807, 2.05) is 24.3 Å². The Bertz CT molecular complexity index is 778. The average Bonchev–Trinajstić information content (AvgIpc) is 2.59. The minimum absolute atomic E-state index is 0.221. The van der Waals surface area contributed by atoms with E-state index in [9.17, 15) is 14.9 Å². The average molecular weight is 310 g/mol. The number of nitriles is 1. The van der Waals surface area contributed by atoms with Gasteiger partial charge in [0.15, 0.2) is 0 Å². The molecule has 0 N–H and O–H groups in total. The molecule has 2 rings (SSSR count). The summed E-state index contributed by atoms with van der Waals surface area (Å²) in [6, 6.07) is 11.2. The summed E-state index contributed by atoms with van der Waals surface area (Å²) in [6.07, 6.45) is 1.85. The Hall–Kier alpha value is -2.87. The topological polar surface area (TPSA) is 70.4 Å². The number of fused-ring (bicyclic) bond motifs is 1. The molecule has 0 heterocycles. The fraction of sp³-hybridized carbons (Fsp3) is 0.278. The normalized spacial score (nSPS) is 10.1. The molecule has 1 amide bonds. The van der Waals surface area contributed by atoms with Crippen LogP contribution in [0.25, 0.3) is 10.8 Å². The van der Waals surface area contributed by atoms with Crippen LogP contribution in [-0.2, 0) is 4.79 Å². The quantitative estimate of drug-likeness (QED) is 0.607. The van der Waals surface area contributed by atoms with Crippen molar-refractivity contribution in [3.63, 3.8) is 0 Å². The highest BCUT2D eigenvalue weighted by molar-refractivity contribution is 6.10. The molecule has 0 fully saturated rings. The number of methoxy groups -OCH3 is 1. The molecule has 0 bridgehead atoms. The first-order chi connectivity index (χ1) is 11.1. The van der Waals surface area contributed by atoms with E-state index in [-0.39, 0.29) is 5.91 Å². The molecule has 0 aliphatic carbocycles. The van der Waals surface area contributed by atoms with Gasteiger partial charge in [-0.05, 0) is 23.3 Å². The lowest BCUT2D eigenvalue weighted by Gasteiger charge is -2.20. The highest BCUT2D eigenvalue weighted by Crippen LogP contribution is 2.32. The van der Waals surface area contributed by atoms with Gasteiger partial charge < -0.3 is 14.4 Å². The maximum atomic E-state index is 12.8. The zero-order valence-corrected chi connectivity index (χ0v) is 13.2. The van der Waals surface area contributed by atoms with Crippen LogP contribution in [0.1, 0.15) is 28.8 Å². The Kier molecular flexibility index (Phi) is 5.32. The van der Waals surface area contributed by atoms with Crippen LogP contribution in [0.5, 0.6) is 5.75 Å². The van der Waals surface area contributed by atoms with Crippen LogP contribution in [0.2, 0.25) is 0 Å². The van der Waals surface area contributed by atoms with E-state index < -0.39 is 0 Å². The highest BCUT2D eigenvalue weighted by Gasteiger charge is 2.22. The number of unbranched alkanes of at least 4 members (excludes halogenated alkanes) is 1. The third-order valence-corrected chi connectivity index (χ3v) is 3.70. The molecule has 0 saturated heterocycles. The standard InChI is InChI=1S/C18H18N2O3/c1-20(9-5-6-10-21)18(22)16-15-8-4-3-7-13(15)11-14(12-19)17(16)23-2/h3-4,7-8,10-11H,5-6,9H2,1-2H3. The molecule has 2 aromatic rings. The largest absolute Gasteiger partial charge is 0.495 e. The Morgan fingerprint density at radius 1 is 1.39 bits per heavy atom. The van der Waals surface area contributed by atoms with Gasteiger partial charge in [-0.25, -0.2) is 0 Å². The third-order valence-electron chi connectivity index (χ3n) is 3.70. The van der Waals surface area contributed by atoms with Gasteiger partial charge in [0.1, 0.15) is 18.1 Å². The molecule has 118 valence electrons. The van der Waals surface area contributed by atoms with Crippen molar-refractivity contribution in [1.82, 2.24) is 4.90 Å². The molecule has 0 atom stereocenters. The van der Waals surface area contributed by atoms with E-state index in [2.05, 4.69) is 6.07 Å². The van der Waals surface area contributed by atoms with Gasteiger partial charge in [0.05, 0.1) is 18.2 Å². The van der Waals surface area contributed by atoms with E-state index in [4.69, 9.17) is 4.74 Å². The lowest BCUT2D eigenvalue weighted by atomic mass is 9.98. The summed E-state index contributed by atoms with van der Waals surface area (Å²) in [7, 11) is 3.13. The third kappa shape index (κ3) is 3.32. The number of benzene rings is 2. The molecule has 0 radical (unpaired) electrons. The van der Waals surface area contributed by atoms with Gasteiger partial charge >= 0.3 is 0 Å². The van der Waals surface area contributed by atoms with Crippen molar-refractivity contribution in [2.75, 3.05) is 20.7 Å². The van der Waals surface area contributed by atoms with Gasteiger partial charge in [0.2, 0.25) is 0 Å². The molecule has 0 aliphatic rings. The fourth-order valence-electron chi connectivity index (χ4n) is 2.54. The van der Waals surface area contributed by atoms with Crippen LogP contribution in [0.15, 0.2) is 30.3 Å². The van der Waals surface area contributed by atoms with Gasteiger partial charge in [-0.15, -0.1) is 0 Å². The number of carbonyl (C=O) groups is 2. The second-order valence-corrected chi connectivity index (χ2v) is 5.20. The molecule has 0 spiro atoms. The number of amides is 1. The molecule has 0 aliphatic heterocycles. The SMILES string of the molecule is COc1c(C#N)cc2ccccc2c1C(=O)N(C)CCCC=O. The Labute approximate surface area is 135 Å². The van der Waals surface area contributed by atoms with Crippen LogP contribution in [0.3, 0.4) is 0 Å². The van der Waals surface area contributed by atoms with Gasteiger partial charge in [0.25, 0.3) is 5.91 Å². The zero-order valence-electron chi connectivity index (χ0n) is 13.2. The second kappa shape index (κ2) is 7.41. The van der Waals surface area contributed by atoms with E-state index in [1.54, 1.807) is 18.0 Å². The van der Waals surface area contributed by atoms with E-state index in [1.165, 1.54) is 7.11 Å². The Morgan fingerprint density at radius 3 is 2.78 bits per heavy atom. The van der Waals surface area contributed by atoms with Crippen LogP contribution < -0.4 is 4.74 Å². The van der Waals surface area contributed by atoms with Crippen molar-refractivity contribution < 1.29 is 14.3 Å². The number of hydrogen-bond donors (Lipinski definition) is 0. The summed E-state index contributed by atoms with van der Waals surface area (Å²) in [4.78, 5) is 24.8. The van der Waals surface area contributed by atoms with Crippen molar-refractivity contribution in [3.8, 4) is 11.8 Å². The summed E-state index contributed by atoms with van der Waals surface area (Å²) in [5, 5.41) is 10.9. The molecule has 0 unspecified atom stereocenters. The summed E-state index contributed by atoms with van der Waals surface area (Å²) < 4.78 is 5.35. The zero-order chi connectivity index (χ0) is 16.8. The summed E-state index contributed by atoms with van der Waals surface area (Å²) >= 11 is 0. The van der Waals surface area contributed by atoms with Crippen LogP contribution in [0.4, 0.5) is 0 Å². The molecular weight excluding hydrogens is 292 g/mol. The minimum Gasteiger partial charge on any atom is -0.495 e. The van der Waals surface area contributed by atoms with Crippen molar-refractivity contribution in [3.05, 3.63) is 41.5 Å². The Balaban J connectivity index is 2.55. The lowest BCUT2D eigenvalue weighted by molar-refractivity contribution is -0.108. The van der Waals surface area contributed by atoms with Gasteiger partial charge in [-0.2, -0.15) is 5.26 Å². The predicted octanol–water partition coefficient (Wildman–Crippen LogP) is 2.77. The lowest BCUT2D eigenvalue weighted by Crippen LogP contribution is -2.28. The maximum Gasteiger partial charge on any atom is 0.258 e. The van der Waals surface area contributed by atoms with Crippen LogP contribution in [0, 0.1) is 11.3 Å². The minimum atomic E-state index is -0.221. The number of aldehydes is 1. The number of nitrogens with zero attached hydrogens (tertiary/aromatic N) is 2. The molecule has 23 heavy (non-hydrogen) atoms. The van der Waals surface area contributed by atoms with Gasteiger partial charge in [0, 0.05) is 20.0 Å². The number of hydrogen-bond acceptors (Lipinski definition) is 4. The van der Waals surface area contributed by atoms with Crippen molar-refractivity contribution >= 4 is 23.0 Å². The smallest absolute Gasteiger partial charge is 0.258 e. The Morgan fingerprint density at radius 2 is 2.13 bits per heavy atom. The maximum absolute atomic E-state index is 12.8. The monoisotopic (exact) mass is 310 g/mol. The van der Waals surface area contributed by atoms with Crippen molar-refractivity contribution in [2.45, 2.75) is 12.8 Å². The van der Waals surface area contributed by atoms with E-state index in [0.717, 1.165) is 17.1 Å². The second-order valence-electron chi connectivity index (χ2n) is 5.20. The number of ether oxygens (including phenoxy) is 1. The number of rotatable bonds is 6. The molecule has 5 nitrogen and oxygen atoms in total. The highest BCUT2D eigenvalue weighted by atomic mass is 16.5. The first-order valence-electron chi connectivity index (χ1n) is 7.33. The van der Waals surface area contributed by atoms with Crippen molar-refractivity contribution in [1.29, 1.82) is 5.26 Å². The van der Waals surface area contributed by atoms with E-state index >= 15 is 0 Å². The summed E-state index contributed by atoms with van der Waals surface area (Å²) in [5.41, 5.74) is 0.714. The first kappa shape index (κ1) is 16.5. The molecule has 0 aromatic heterocycles. The number of carbonyl (C=O) groups excluding carboxylic acids is 2. The van der Waals surface area contributed by atoms with E-state index in [0.29, 0.717) is 36.3 Å². The molecular formula is C18H18N2O3. The fourth-order valence-corrected chi connectivity index (χ4v) is 2.54. The van der Waals surface area contributed by atoms with Crippen molar-refractivity contribution in [2.24, 2.45) is 0 Å². The van der Waals surface area contributed by atoms with Crippen LogP contribution >= 0.6 is 0 Å². The first-order valence-corrected chi connectivity index (χ1v) is 7.33. The predicted molar refractivity (Wildman–Crippen MR) is 87.5 cm³/mol. The van der Waals surface area contributed by atoms with Crippen LogP contribution in [-0.4, -0.2) is 37.8 Å². The summed E-state index contributed by atoms with van der Waals surface area (Å²) in [5.74, 6) is 0.0690. The van der Waals surface area contributed by atoms with Gasteiger partial charge in [-0.1, -0.05) is 24.3 Å². The molecule has 0 saturated carbocycles.